The van der Waals surface area contributed by atoms with Crippen LogP contribution in [-0.4, -0.2) is 4.98 Å². The first-order valence-corrected chi connectivity index (χ1v) is 5.21. The summed E-state index contributed by atoms with van der Waals surface area (Å²) in [5.74, 6) is 0. The fraction of sp³-hybridized carbons (Fsp3) is 0. The van der Waals surface area contributed by atoms with E-state index in [9.17, 15) is 0 Å². The molecular formula is C12H7BrN2. The molecule has 0 bridgehead atoms. The lowest BCUT2D eigenvalue weighted by Crippen LogP contribution is -1.86. The minimum absolute atomic E-state index is 0.628. The predicted octanol–water partition coefficient (Wildman–Crippen LogP) is 3.38. The van der Waals surface area contributed by atoms with Crippen molar-refractivity contribution in [2.45, 2.75) is 0 Å². The van der Waals surface area contributed by atoms with Crippen molar-refractivity contribution in [2.75, 3.05) is 0 Å². The molecule has 2 rings (SSSR count). The van der Waals surface area contributed by atoms with Gasteiger partial charge in [-0.15, -0.1) is 0 Å². The van der Waals surface area contributed by atoms with Crippen molar-refractivity contribution < 1.29 is 0 Å². The summed E-state index contributed by atoms with van der Waals surface area (Å²) in [5, 5.41) is 9.01. The van der Waals surface area contributed by atoms with Gasteiger partial charge < -0.3 is 0 Å². The zero-order chi connectivity index (χ0) is 10.7. The lowest BCUT2D eigenvalue weighted by molar-refractivity contribution is 1.26. The molecular weight excluding hydrogens is 252 g/mol. The molecule has 0 saturated heterocycles. The van der Waals surface area contributed by atoms with Crippen LogP contribution in [0, 0.1) is 11.3 Å². The van der Waals surface area contributed by atoms with Gasteiger partial charge in [0.15, 0.2) is 0 Å². The maximum absolute atomic E-state index is 9.01. The molecule has 0 aliphatic carbocycles. The van der Waals surface area contributed by atoms with Gasteiger partial charge in [0, 0.05) is 11.8 Å². The van der Waals surface area contributed by atoms with Crippen molar-refractivity contribution in [3.63, 3.8) is 0 Å². The molecule has 3 heteroatoms. The monoisotopic (exact) mass is 258 g/mol. The molecule has 0 spiro atoms. The fourth-order valence-electron chi connectivity index (χ4n) is 1.37. The minimum Gasteiger partial charge on any atom is -0.249 e. The molecule has 0 N–H and O–H groups in total. The summed E-state index contributed by atoms with van der Waals surface area (Å²) in [6, 6.07) is 13.6. The topological polar surface area (TPSA) is 36.7 Å². The number of nitrogens with zero attached hydrogens (tertiary/aromatic N) is 2. The highest BCUT2D eigenvalue weighted by atomic mass is 79.9. The van der Waals surface area contributed by atoms with E-state index in [4.69, 9.17) is 5.26 Å². The molecule has 0 saturated carbocycles. The fourth-order valence-corrected chi connectivity index (χ4v) is 1.70. The third-order valence-electron chi connectivity index (χ3n) is 2.08. The van der Waals surface area contributed by atoms with Crippen LogP contribution in [0.5, 0.6) is 0 Å². The van der Waals surface area contributed by atoms with Crippen molar-refractivity contribution in [1.29, 1.82) is 5.26 Å². The SMILES string of the molecule is N#Cc1cc(Br)ncc1-c1ccccc1. The van der Waals surface area contributed by atoms with Gasteiger partial charge in [-0.3, -0.25) is 0 Å². The van der Waals surface area contributed by atoms with E-state index in [1.54, 1.807) is 12.3 Å². The van der Waals surface area contributed by atoms with Gasteiger partial charge in [-0.2, -0.15) is 5.26 Å². The van der Waals surface area contributed by atoms with Crippen molar-refractivity contribution >= 4 is 15.9 Å². The molecule has 0 unspecified atom stereocenters. The maximum Gasteiger partial charge on any atom is 0.107 e. The van der Waals surface area contributed by atoms with Crippen molar-refractivity contribution in [3.8, 4) is 17.2 Å². The lowest BCUT2D eigenvalue weighted by Gasteiger charge is -2.03. The highest BCUT2D eigenvalue weighted by molar-refractivity contribution is 9.10. The second kappa shape index (κ2) is 4.24. The van der Waals surface area contributed by atoms with E-state index in [-0.39, 0.29) is 0 Å². The zero-order valence-corrected chi connectivity index (χ0v) is 9.40. The summed E-state index contributed by atoms with van der Waals surface area (Å²) in [4.78, 5) is 4.13. The van der Waals surface area contributed by atoms with Gasteiger partial charge in [0.1, 0.15) is 4.60 Å². The van der Waals surface area contributed by atoms with Gasteiger partial charge in [-0.25, -0.2) is 4.98 Å². The van der Waals surface area contributed by atoms with Gasteiger partial charge in [-0.05, 0) is 27.6 Å². The van der Waals surface area contributed by atoms with Crippen molar-refractivity contribution in [1.82, 2.24) is 4.98 Å². The van der Waals surface area contributed by atoms with E-state index in [0.29, 0.717) is 10.2 Å². The van der Waals surface area contributed by atoms with Crippen LogP contribution >= 0.6 is 15.9 Å². The maximum atomic E-state index is 9.01. The molecule has 1 aromatic carbocycles. The first-order chi connectivity index (χ1) is 7.31. The number of rotatable bonds is 1. The highest BCUT2D eigenvalue weighted by Crippen LogP contribution is 2.23. The normalized spacial score (nSPS) is 9.60. The second-order valence-electron chi connectivity index (χ2n) is 3.03. The van der Waals surface area contributed by atoms with Crippen LogP contribution in [0.4, 0.5) is 0 Å². The second-order valence-corrected chi connectivity index (χ2v) is 3.84. The molecule has 0 amide bonds. The number of halogens is 1. The molecule has 0 aliphatic rings. The van der Waals surface area contributed by atoms with Crippen LogP contribution in [-0.2, 0) is 0 Å². The Bertz CT molecular complexity index is 515. The number of hydrogen-bond donors (Lipinski definition) is 0. The van der Waals surface area contributed by atoms with Crippen molar-refractivity contribution in [2.24, 2.45) is 0 Å². The van der Waals surface area contributed by atoms with E-state index >= 15 is 0 Å². The average molecular weight is 259 g/mol. The number of pyridine rings is 1. The predicted molar refractivity (Wildman–Crippen MR) is 62.1 cm³/mol. The summed E-state index contributed by atoms with van der Waals surface area (Å²) in [6.07, 6.45) is 1.71. The third-order valence-corrected chi connectivity index (χ3v) is 2.51. The molecule has 0 fully saturated rings. The van der Waals surface area contributed by atoms with Gasteiger partial charge >= 0.3 is 0 Å². The summed E-state index contributed by atoms with van der Waals surface area (Å²) in [7, 11) is 0. The van der Waals surface area contributed by atoms with E-state index in [1.165, 1.54) is 0 Å². The largest absolute Gasteiger partial charge is 0.249 e. The Balaban J connectivity index is 2.60. The first-order valence-electron chi connectivity index (χ1n) is 4.42. The number of aromatic nitrogens is 1. The van der Waals surface area contributed by atoms with Crippen LogP contribution in [0.15, 0.2) is 47.2 Å². The van der Waals surface area contributed by atoms with E-state index < -0.39 is 0 Å². The molecule has 0 atom stereocenters. The molecule has 1 heterocycles. The van der Waals surface area contributed by atoms with Gasteiger partial charge in [0.25, 0.3) is 0 Å². The standard InChI is InChI=1S/C12H7BrN2/c13-12-6-10(7-14)11(8-15-12)9-4-2-1-3-5-9/h1-6,8H. The number of hydrogen-bond acceptors (Lipinski definition) is 2. The molecule has 0 aliphatic heterocycles. The van der Waals surface area contributed by atoms with Crippen LogP contribution in [0.3, 0.4) is 0 Å². The Kier molecular flexibility index (Phi) is 2.79. The van der Waals surface area contributed by atoms with E-state index in [0.717, 1.165) is 11.1 Å². The summed E-state index contributed by atoms with van der Waals surface area (Å²) >= 11 is 3.25. The lowest BCUT2D eigenvalue weighted by atomic mass is 10.0. The minimum atomic E-state index is 0.628. The van der Waals surface area contributed by atoms with Crippen LogP contribution < -0.4 is 0 Å². The van der Waals surface area contributed by atoms with Gasteiger partial charge in [0.2, 0.25) is 0 Å². The van der Waals surface area contributed by atoms with E-state index in [1.807, 2.05) is 30.3 Å². The van der Waals surface area contributed by atoms with Crippen LogP contribution in [0.1, 0.15) is 5.56 Å². The van der Waals surface area contributed by atoms with Crippen molar-refractivity contribution in [3.05, 3.63) is 52.8 Å². The third kappa shape index (κ3) is 2.05. The molecule has 0 radical (unpaired) electrons. The Labute approximate surface area is 96.3 Å². The quantitative estimate of drug-likeness (QED) is 0.736. The van der Waals surface area contributed by atoms with Gasteiger partial charge in [0.05, 0.1) is 11.6 Å². The Hall–Kier alpha value is -1.66. The molecule has 1 aromatic heterocycles. The smallest absolute Gasteiger partial charge is 0.107 e. The molecule has 15 heavy (non-hydrogen) atoms. The van der Waals surface area contributed by atoms with Crippen LogP contribution in [0.25, 0.3) is 11.1 Å². The van der Waals surface area contributed by atoms with Crippen LogP contribution in [0.2, 0.25) is 0 Å². The summed E-state index contributed by atoms with van der Waals surface area (Å²) in [6.45, 7) is 0. The Morgan fingerprint density at radius 1 is 1.20 bits per heavy atom. The Morgan fingerprint density at radius 3 is 2.60 bits per heavy atom. The first kappa shape index (κ1) is 9.88. The number of benzene rings is 1. The highest BCUT2D eigenvalue weighted by Gasteiger charge is 2.05. The molecule has 72 valence electrons. The Morgan fingerprint density at radius 2 is 1.93 bits per heavy atom. The number of nitriles is 1. The van der Waals surface area contributed by atoms with E-state index in [2.05, 4.69) is 27.0 Å². The van der Waals surface area contributed by atoms with Gasteiger partial charge in [-0.1, -0.05) is 30.3 Å². The molecule has 2 aromatic rings. The molecule has 2 nitrogen and oxygen atoms in total. The zero-order valence-electron chi connectivity index (χ0n) is 7.81. The average Bonchev–Trinajstić information content (AvgIpc) is 2.30. The summed E-state index contributed by atoms with van der Waals surface area (Å²) < 4.78 is 0.679. The summed E-state index contributed by atoms with van der Waals surface area (Å²) in [5.41, 5.74) is 2.50.